The normalized spacial score (nSPS) is 21.7. The van der Waals surface area contributed by atoms with Crippen molar-refractivity contribution >= 4 is 45.0 Å². The number of aromatic nitrogens is 1. The van der Waals surface area contributed by atoms with Crippen LogP contribution in [0.4, 0.5) is 4.79 Å². The monoisotopic (exact) mass is 458 g/mol. The fourth-order valence-electron chi connectivity index (χ4n) is 3.02. The Bertz CT molecular complexity index is 1080. The van der Waals surface area contributed by atoms with Crippen LogP contribution in [0.5, 0.6) is 0 Å². The molecule has 2 aromatic rings. The van der Waals surface area contributed by atoms with E-state index in [-0.39, 0.29) is 11.7 Å². The molecule has 0 unspecified atom stereocenters. The van der Waals surface area contributed by atoms with E-state index in [9.17, 15) is 13.2 Å². The zero-order valence-electron chi connectivity index (χ0n) is 16.7. The van der Waals surface area contributed by atoms with E-state index in [1.54, 1.807) is 52.1 Å². The Kier molecular flexibility index (Phi) is 5.25. The molecule has 29 heavy (non-hydrogen) atoms. The minimum absolute atomic E-state index is 0.220. The van der Waals surface area contributed by atoms with Gasteiger partial charge in [0, 0.05) is 13.2 Å². The Balaban J connectivity index is 2.00. The molecule has 1 atom stereocenters. The standard InChI is InChI=1S/C18H23ClN4O4S2/c1-17(2,3)27-16(24)23-8-6-7-12(23)13-9-11(19)14(28-13)18(4)10-29(25,26)22(5)15(20)21-18/h6-9H,10H2,1-5H3,(H2,20,21)/t18-/m0/s1. The minimum Gasteiger partial charge on any atom is -0.443 e. The van der Waals surface area contributed by atoms with E-state index in [0.29, 0.717) is 20.5 Å². The first-order valence-electron chi connectivity index (χ1n) is 8.78. The van der Waals surface area contributed by atoms with E-state index in [0.717, 1.165) is 4.31 Å². The SMILES string of the molecule is CN1C(=N)N[C@](C)(c2sc(-c3cccn3C(=O)OC(C)(C)C)cc2Cl)CS1(=O)=O. The van der Waals surface area contributed by atoms with E-state index in [1.165, 1.54) is 23.0 Å². The van der Waals surface area contributed by atoms with Gasteiger partial charge in [-0.1, -0.05) is 11.6 Å². The predicted molar refractivity (Wildman–Crippen MR) is 114 cm³/mol. The van der Waals surface area contributed by atoms with Gasteiger partial charge in [0.1, 0.15) is 5.60 Å². The molecule has 2 N–H and O–H groups in total. The maximum atomic E-state index is 12.5. The molecule has 1 aliphatic heterocycles. The second-order valence-electron chi connectivity index (χ2n) is 8.06. The molecule has 8 nitrogen and oxygen atoms in total. The van der Waals surface area contributed by atoms with Gasteiger partial charge < -0.3 is 10.1 Å². The van der Waals surface area contributed by atoms with Gasteiger partial charge in [-0.2, -0.15) is 0 Å². The summed E-state index contributed by atoms with van der Waals surface area (Å²) in [6.07, 6.45) is 1.09. The van der Waals surface area contributed by atoms with Crippen molar-refractivity contribution in [2.75, 3.05) is 12.8 Å². The summed E-state index contributed by atoms with van der Waals surface area (Å²) in [7, 11) is -2.32. The Morgan fingerprint density at radius 1 is 1.41 bits per heavy atom. The second-order valence-corrected chi connectivity index (χ2v) is 11.5. The molecule has 3 heterocycles. The quantitative estimate of drug-likeness (QED) is 0.714. The lowest BCUT2D eigenvalue weighted by Gasteiger charge is -2.39. The molecule has 1 aliphatic rings. The number of sulfonamides is 1. The predicted octanol–water partition coefficient (Wildman–Crippen LogP) is 3.67. The van der Waals surface area contributed by atoms with Gasteiger partial charge in [-0.05, 0) is 45.9 Å². The molecule has 0 spiro atoms. The van der Waals surface area contributed by atoms with E-state index in [4.69, 9.17) is 21.7 Å². The summed E-state index contributed by atoms with van der Waals surface area (Å²) in [6, 6.07) is 5.18. The lowest BCUT2D eigenvalue weighted by molar-refractivity contribution is 0.0540. The molecule has 0 bridgehead atoms. The van der Waals surface area contributed by atoms with Crippen LogP contribution in [0.15, 0.2) is 24.4 Å². The van der Waals surface area contributed by atoms with Crippen molar-refractivity contribution in [3.63, 3.8) is 0 Å². The first-order valence-corrected chi connectivity index (χ1v) is 11.6. The average molecular weight is 459 g/mol. The van der Waals surface area contributed by atoms with Gasteiger partial charge in [0.25, 0.3) is 0 Å². The third kappa shape index (κ3) is 4.15. The van der Waals surface area contributed by atoms with Crippen molar-refractivity contribution in [1.82, 2.24) is 14.2 Å². The highest BCUT2D eigenvalue weighted by Crippen LogP contribution is 2.42. The van der Waals surface area contributed by atoms with Gasteiger partial charge in [0.2, 0.25) is 16.0 Å². The Morgan fingerprint density at radius 2 is 2.07 bits per heavy atom. The van der Waals surface area contributed by atoms with Crippen LogP contribution in [0.1, 0.15) is 32.6 Å². The summed E-state index contributed by atoms with van der Waals surface area (Å²) in [4.78, 5) is 13.8. The maximum Gasteiger partial charge on any atom is 0.419 e. The molecule has 11 heteroatoms. The lowest BCUT2D eigenvalue weighted by atomic mass is 10.0. The molecule has 158 valence electrons. The van der Waals surface area contributed by atoms with E-state index in [2.05, 4.69) is 5.32 Å². The number of thiophene rings is 1. The Hall–Kier alpha value is -2.04. The fourth-order valence-corrected chi connectivity index (χ4v) is 6.25. The molecule has 0 amide bonds. The number of nitrogens with zero attached hydrogens (tertiary/aromatic N) is 2. The highest BCUT2D eigenvalue weighted by molar-refractivity contribution is 7.89. The number of hydrogen-bond donors (Lipinski definition) is 2. The first-order chi connectivity index (χ1) is 13.2. The third-order valence-electron chi connectivity index (χ3n) is 4.38. The molecule has 0 aliphatic carbocycles. The van der Waals surface area contributed by atoms with Crippen LogP contribution < -0.4 is 5.32 Å². The van der Waals surface area contributed by atoms with Crippen LogP contribution >= 0.6 is 22.9 Å². The zero-order valence-corrected chi connectivity index (χ0v) is 19.1. The highest BCUT2D eigenvalue weighted by Gasteiger charge is 2.44. The summed E-state index contributed by atoms with van der Waals surface area (Å²) in [5, 5.41) is 11.3. The highest BCUT2D eigenvalue weighted by atomic mass is 35.5. The molecule has 1 fully saturated rings. The molecule has 0 aromatic carbocycles. The van der Waals surface area contributed by atoms with Crippen molar-refractivity contribution in [1.29, 1.82) is 5.41 Å². The second kappa shape index (κ2) is 7.03. The molecule has 0 radical (unpaired) electrons. The van der Waals surface area contributed by atoms with Crippen molar-refractivity contribution in [2.24, 2.45) is 0 Å². The fraction of sp³-hybridized carbons (Fsp3) is 0.444. The van der Waals surface area contributed by atoms with Crippen LogP contribution in [-0.2, 0) is 20.3 Å². The third-order valence-corrected chi connectivity index (χ3v) is 8.17. The number of ether oxygens (including phenoxy) is 1. The summed E-state index contributed by atoms with van der Waals surface area (Å²) in [6.45, 7) is 7.06. The largest absolute Gasteiger partial charge is 0.443 e. The zero-order chi connectivity index (χ0) is 21.8. The van der Waals surface area contributed by atoms with Crippen LogP contribution in [0.2, 0.25) is 5.02 Å². The number of halogens is 1. The average Bonchev–Trinajstić information content (AvgIpc) is 3.17. The van der Waals surface area contributed by atoms with Gasteiger partial charge >= 0.3 is 6.09 Å². The first kappa shape index (κ1) is 21.7. The Labute approximate surface area is 179 Å². The molecular weight excluding hydrogens is 436 g/mol. The van der Waals surface area contributed by atoms with E-state index in [1.807, 2.05) is 0 Å². The smallest absolute Gasteiger partial charge is 0.419 e. The Morgan fingerprint density at radius 3 is 2.66 bits per heavy atom. The van der Waals surface area contributed by atoms with Gasteiger partial charge in [0.05, 0.1) is 31.8 Å². The van der Waals surface area contributed by atoms with Crippen molar-refractivity contribution < 1.29 is 17.9 Å². The summed E-state index contributed by atoms with van der Waals surface area (Å²) in [5.41, 5.74) is -1.12. The summed E-state index contributed by atoms with van der Waals surface area (Å²) >= 11 is 7.74. The van der Waals surface area contributed by atoms with Crippen molar-refractivity contribution in [3.8, 4) is 10.6 Å². The maximum absolute atomic E-state index is 12.5. The van der Waals surface area contributed by atoms with E-state index < -0.39 is 27.3 Å². The van der Waals surface area contributed by atoms with Crippen LogP contribution in [0.25, 0.3) is 10.6 Å². The number of carbonyl (C=O) groups is 1. The molecule has 3 rings (SSSR count). The van der Waals surface area contributed by atoms with Gasteiger partial charge in [-0.15, -0.1) is 11.3 Å². The molecular formula is C18H23ClN4O4S2. The van der Waals surface area contributed by atoms with Crippen LogP contribution in [0.3, 0.4) is 0 Å². The number of hydrogen-bond acceptors (Lipinski definition) is 6. The molecule has 1 saturated heterocycles. The van der Waals surface area contributed by atoms with Crippen molar-refractivity contribution in [2.45, 2.75) is 38.8 Å². The van der Waals surface area contributed by atoms with Gasteiger partial charge in [0.15, 0.2) is 0 Å². The lowest BCUT2D eigenvalue weighted by Crippen LogP contribution is -2.60. The van der Waals surface area contributed by atoms with Gasteiger partial charge in [-0.3, -0.25) is 9.98 Å². The van der Waals surface area contributed by atoms with Crippen LogP contribution in [0, 0.1) is 5.41 Å². The molecule has 0 saturated carbocycles. The topological polar surface area (TPSA) is 104 Å². The number of rotatable bonds is 2. The van der Waals surface area contributed by atoms with Gasteiger partial charge in [-0.25, -0.2) is 17.5 Å². The van der Waals surface area contributed by atoms with Crippen LogP contribution in [-0.4, -0.2) is 47.7 Å². The summed E-state index contributed by atoms with van der Waals surface area (Å²) in [5.74, 6) is -0.465. The minimum atomic E-state index is -3.65. The summed E-state index contributed by atoms with van der Waals surface area (Å²) < 4.78 is 32.6. The molecule has 2 aromatic heterocycles. The van der Waals surface area contributed by atoms with Crippen molar-refractivity contribution in [3.05, 3.63) is 34.3 Å². The number of carbonyl (C=O) groups excluding carboxylic acids is 1. The number of guanidine groups is 1. The van der Waals surface area contributed by atoms with E-state index >= 15 is 0 Å². The number of nitrogens with one attached hydrogen (secondary N) is 2.